The lowest BCUT2D eigenvalue weighted by Crippen LogP contribution is -2.35. The van der Waals surface area contributed by atoms with Crippen molar-refractivity contribution in [3.8, 4) is 5.75 Å². The lowest BCUT2D eigenvalue weighted by Gasteiger charge is -2.19. The van der Waals surface area contributed by atoms with Gasteiger partial charge in [0, 0.05) is 7.05 Å². The Hall–Kier alpha value is -1.48. The number of nitrogen functional groups attached to an aromatic ring is 1. The number of benzene rings is 1. The number of nitrogens with two attached hydrogens (primary N) is 1. The van der Waals surface area contributed by atoms with Gasteiger partial charge in [-0.2, -0.15) is 17.5 Å². The van der Waals surface area contributed by atoms with Crippen molar-refractivity contribution in [3.05, 3.63) is 18.2 Å². The van der Waals surface area contributed by atoms with Crippen LogP contribution >= 0.6 is 0 Å². The van der Waals surface area contributed by atoms with Crippen LogP contribution in [0, 0.1) is 0 Å². The van der Waals surface area contributed by atoms with Gasteiger partial charge in [-0.1, -0.05) is 0 Å². The molecule has 0 aromatic heterocycles. The van der Waals surface area contributed by atoms with Crippen LogP contribution in [0.2, 0.25) is 0 Å². The molecule has 0 saturated carbocycles. The fourth-order valence-corrected chi connectivity index (χ4v) is 2.58. The summed E-state index contributed by atoms with van der Waals surface area (Å²) >= 11 is 0. The van der Waals surface area contributed by atoms with Crippen LogP contribution < -0.4 is 10.5 Å². The molecule has 19 heavy (non-hydrogen) atoms. The molecule has 1 aromatic carbocycles. The largest absolute Gasteiger partial charge is 0.495 e. The third-order valence-electron chi connectivity index (χ3n) is 2.31. The first kappa shape index (κ1) is 15.6. The minimum absolute atomic E-state index is 0.0315. The van der Waals surface area contributed by atoms with Crippen LogP contribution in [-0.2, 0) is 10.0 Å². The van der Waals surface area contributed by atoms with Crippen LogP contribution in [0.3, 0.4) is 0 Å². The van der Waals surface area contributed by atoms with Crippen molar-refractivity contribution in [3.63, 3.8) is 0 Å². The van der Waals surface area contributed by atoms with Gasteiger partial charge in [0.25, 0.3) is 0 Å². The predicted octanol–water partition coefficient (Wildman–Crippen LogP) is 1.46. The van der Waals surface area contributed by atoms with E-state index in [1.807, 2.05) is 0 Å². The van der Waals surface area contributed by atoms with E-state index >= 15 is 0 Å². The van der Waals surface area contributed by atoms with Crippen molar-refractivity contribution in [2.24, 2.45) is 0 Å². The smallest absolute Gasteiger partial charge is 0.402 e. The summed E-state index contributed by atoms with van der Waals surface area (Å²) in [5, 5.41) is 0. The average Bonchev–Trinajstić information content (AvgIpc) is 2.26. The summed E-state index contributed by atoms with van der Waals surface area (Å²) < 4.78 is 65.4. The second-order valence-electron chi connectivity index (χ2n) is 3.78. The van der Waals surface area contributed by atoms with E-state index in [2.05, 4.69) is 0 Å². The van der Waals surface area contributed by atoms with E-state index in [9.17, 15) is 21.6 Å². The molecule has 108 valence electrons. The SMILES string of the molecule is COc1ccc(S(=O)(=O)N(C)CC(F)(F)F)cc1N. The fourth-order valence-electron chi connectivity index (χ4n) is 1.39. The second-order valence-corrected chi connectivity index (χ2v) is 5.82. The van der Waals surface area contributed by atoms with Gasteiger partial charge >= 0.3 is 6.18 Å². The maximum atomic E-state index is 12.2. The number of hydrogen-bond acceptors (Lipinski definition) is 4. The molecule has 0 unspecified atom stereocenters. The molecule has 0 aliphatic carbocycles. The lowest BCUT2D eigenvalue weighted by atomic mass is 10.3. The van der Waals surface area contributed by atoms with Gasteiger partial charge in [0.1, 0.15) is 12.3 Å². The lowest BCUT2D eigenvalue weighted by molar-refractivity contribution is -0.134. The van der Waals surface area contributed by atoms with Gasteiger partial charge in [-0.25, -0.2) is 8.42 Å². The molecule has 0 aliphatic rings. The van der Waals surface area contributed by atoms with Crippen LogP contribution in [0.4, 0.5) is 18.9 Å². The molecule has 0 amide bonds. The van der Waals surface area contributed by atoms with E-state index in [0.29, 0.717) is 0 Å². The van der Waals surface area contributed by atoms with Crippen LogP contribution in [-0.4, -0.2) is 39.6 Å². The molecule has 2 N–H and O–H groups in total. The van der Waals surface area contributed by atoms with Gasteiger partial charge in [0.2, 0.25) is 10.0 Å². The van der Waals surface area contributed by atoms with E-state index in [1.165, 1.54) is 13.2 Å². The Labute approximate surface area is 108 Å². The molecule has 0 heterocycles. The second kappa shape index (κ2) is 5.25. The predicted molar refractivity (Wildman–Crippen MR) is 63.3 cm³/mol. The Bertz CT molecular complexity index is 558. The van der Waals surface area contributed by atoms with Crippen LogP contribution in [0.25, 0.3) is 0 Å². The van der Waals surface area contributed by atoms with Gasteiger partial charge in [-0.3, -0.25) is 0 Å². The van der Waals surface area contributed by atoms with E-state index in [-0.39, 0.29) is 20.6 Å². The number of rotatable bonds is 4. The molecule has 9 heteroatoms. The summed E-state index contributed by atoms with van der Waals surface area (Å²) in [5.41, 5.74) is 5.56. The highest BCUT2D eigenvalue weighted by atomic mass is 32.2. The first-order valence-corrected chi connectivity index (χ1v) is 6.48. The zero-order valence-corrected chi connectivity index (χ0v) is 11.0. The van der Waals surface area contributed by atoms with Crippen molar-refractivity contribution in [2.45, 2.75) is 11.1 Å². The third-order valence-corrected chi connectivity index (χ3v) is 4.11. The van der Waals surface area contributed by atoms with Crippen molar-refractivity contribution in [2.75, 3.05) is 26.4 Å². The minimum Gasteiger partial charge on any atom is -0.495 e. The minimum atomic E-state index is -4.61. The van der Waals surface area contributed by atoms with Gasteiger partial charge in [0.15, 0.2) is 0 Å². The first-order valence-electron chi connectivity index (χ1n) is 5.04. The van der Waals surface area contributed by atoms with Crippen LogP contribution in [0.5, 0.6) is 5.75 Å². The molecule has 0 saturated heterocycles. The maximum absolute atomic E-state index is 12.2. The summed E-state index contributed by atoms with van der Waals surface area (Å²) in [6, 6.07) is 3.47. The van der Waals surface area contributed by atoms with Crippen molar-refractivity contribution in [1.82, 2.24) is 4.31 Å². The number of anilines is 1. The van der Waals surface area contributed by atoms with Gasteiger partial charge in [-0.15, -0.1) is 0 Å². The van der Waals surface area contributed by atoms with Gasteiger partial charge in [-0.05, 0) is 18.2 Å². The van der Waals surface area contributed by atoms with Gasteiger partial charge < -0.3 is 10.5 Å². The number of nitrogens with zero attached hydrogens (tertiary/aromatic N) is 1. The Balaban J connectivity index is 3.10. The number of methoxy groups -OCH3 is 1. The van der Waals surface area contributed by atoms with Crippen LogP contribution in [0.1, 0.15) is 0 Å². The zero-order valence-electron chi connectivity index (χ0n) is 10.2. The fraction of sp³-hybridized carbons (Fsp3) is 0.400. The number of halogens is 3. The highest BCUT2D eigenvalue weighted by Crippen LogP contribution is 2.27. The van der Waals surface area contributed by atoms with Crippen molar-refractivity contribution >= 4 is 15.7 Å². The standard InChI is InChI=1S/C10H13F3N2O3S/c1-15(6-10(11,12)13)19(16,17)7-3-4-9(18-2)8(14)5-7/h3-5H,6,14H2,1-2H3. The molecule has 1 aromatic rings. The molecule has 0 fully saturated rings. The summed E-state index contributed by atoms with van der Waals surface area (Å²) in [4.78, 5) is -0.322. The number of hydrogen-bond donors (Lipinski definition) is 1. The number of sulfonamides is 1. The first-order chi connectivity index (χ1) is 8.58. The molecular weight excluding hydrogens is 285 g/mol. The monoisotopic (exact) mass is 298 g/mol. The zero-order chi connectivity index (χ0) is 14.8. The summed E-state index contributed by atoms with van der Waals surface area (Å²) in [7, 11) is -2.05. The molecule has 0 atom stereocenters. The third kappa shape index (κ3) is 3.74. The van der Waals surface area contributed by atoms with E-state index in [4.69, 9.17) is 10.5 Å². The van der Waals surface area contributed by atoms with E-state index in [0.717, 1.165) is 19.2 Å². The molecular formula is C10H13F3N2O3S. The normalized spacial score (nSPS) is 12.7. The molecule has 5 nitrogen and oxygen atoms in total. The highest BCUT2D eigenvalue weighted by molar-refractivity contribution is 7.89. The van der Waals surface area contributed by atoms with Crippen molar-refractivity contribution in [1.29, 1.82) is 0 Å². The number of ether oxygens (including phenoxy) is 1. The number of alkyl halides is 3. The Kier molecular flexibility index (Phi) is 4.31. The quantitative estimate of drug-likeness (QED) is 0.854. The highest BCUT2D eigenvalue weighted by Gasteiger charge is 2.34. The summed E-state index contributed by atoms with van der Waals surface area (Å²) in [5.74, 6) is 0.248. The molecule has 0 radical (unpaired) electrons. The maximum Gasteiger partial charge on any atom is 0.402 e. The molecule has 0 spiro atoms. The van der Waals surface area contributed by atoms with Crippen molar-refractivity contribution < 1.29 is 26.3 Å². The van der Waals surface area contributed by atoms with Crippen LogP contribution in [0.15, 0.2) is 23.1 Å². The molecule has 1 rings (SSSR count). The molecule has 0 aliphatic heterocycles. The molecule has 0 bridgehead atoms. The van der Waals surface area contributed by atoms with E-state index < -0.39 is 22.7 Å². The average molecular weight is 298 g/mol. The Morgan fingerprint density at radius 3 is 2.37 bits per heavy atom. The summed E-state index contributed by atoms with van der Waals surface area (Å²) in [6.45, 7) is -1.57. The topological polar surface area (TPSA) is 72.6 Å². The van der Waals surface area contributed by atoms with E-state index in [1.54, 1.807) is 0 Å². The van der Waals surface area contributed by atoms with Gasteiger partial charge in [0.05, 0.1) is 17.7 Å². The Morgan fingerprint density at radius 1 is 1.37 bits per heavy atom. The summed E-state index contributed by atoms with van der Waals surface area (Å²) in [6.07, 6.45) is -4.61. The Morgan fingerprint density at radius 2 is 1.95 bits per heavy atom.